The lowest BCUT2D eigenvalue weighted by atomic mass is 9.93. The average Bonchev–Trinajstić information content (AvgIpc) is 3.42. The van der Waals surface area contributed by atoms with Gasteiger partial charge in [0.25, 0.3) is 0 Å². The Morgan fingerprint density at radius 2 is 1.82 bits per heavy atom. The SMILES string of the molecule is C=CCn1cc(-c2c(CC(=O)OCC)ccc3oc(-c4ccccc4)cc23)c2ccccc21. The molecule has 4 heteroatoms. The van der Waals surface area contributed by atoms with Crippen molar-refractivity contribution in [2.24, 2.45) is 0 Å². The number of benzene rings is 3. The van der Waals surface area contributed by atoms with Crippen LogP contribution >= 0.6 is 0 Å². The predicted molar refractivity (Wildman–Crippen MR) is 133 cm³/mol. The number of carbonyl (C=O) groups is 1. The number of hydrogen-bond donors (Lipinski definition) is 0. The highest BCUT2D eigenvalue weighted by Gasteiger charge is 2.20. The van der Waals surface area contributed by atoms with Gasteiger partial charge in [-0.25, -0.2) is 0 Å². The number of esters is 1. The zero-order valence-corrected chi connectivity index (χ0v) is 18.6. The number of aromatic nitrogens is 1. The van der Waals surface area contributed by atoms with Crippen LogP contribution in [0.15, 0.2) is 96.1 Å². The Bertz CT molecular complexity index is 1460. The summed E-state index contributed by atoms with van der Waals surface area (Å²) >= 11 is 0. The highest BCUT2D eigenvalue weighted by Crippen LogP contribution is 2.41. The van der Waals surface area contributed by atoms with Gasteiger partial charge in [0.1, 0.15) is 11.3 Å². The molecule has 0 N–H and O–H groups in total. The van der Waals surface area contributed by atoms with Crippen molar-refractivity contribution in [3.05, 3.63) is 97.2 Å². The Kier molecular flexibility index (Phi) is 5.57. The normalized spacial score (nSPS) is 11.2. The Balaban J connectivity index is 1.78. The first-order chi connectivity index (χ1) is 16.2. The second kappa shape index (κ2) is 8.83. The van der Waals surface area contributed by atoms with Crippen molar-refractivity contribution in [1.29, 1.82) is 0 Å². The van der Waals surface area contributed by atoms with Gasteiger partial charge in [0.2, 0.25) is 0 Å². The van der Waals surface area contributed by atoms with Crippen LogP contribution in [-0.4, -0.2) is 17.1 Å². The fourth-order valence-corrected chi connectivity index (χ4v) is 4.47. The second-order valence-corrected chi connectivity index (χ2v) is 7.97. The van der Waals surface area contributed by atoms with Crippen LogP contribution in [0.5, 0.6) is 0 Å². The molecule has 2 aromatic heterocycles. The quantitative estimate of drug-likeness (QED) is 0.204. The molecule has 0 aliphatic heterocycles. The summed E-state index contributed by atoms with van der Waals surface area (Å²) in [6, 6.07) is 24.4. The van der Waals surface area contributed by atoms with E-state index in [0.717, 1.165) is 49.9 Å². The molecule has 5 rings (SSSR count). The van der Waals surface area contributed by atoms with E-state index in [0.29, 0.717) is 13.2 Å². The topological polar surface area (TPSA) is 44.4 Å². The lowest BCUT2D eigenvalue weighted by Gasteiger charge is -2.10. The van der Waals surface area contributed by atoms with Crippen LogP contribution in [0.4, 0.5) is 0 Å². The van der Waals surface area contributed by atoms with Gasteiger partial charge >= 0.3 is 5.97 Å². The zero-order valence-electron chi connectivity index (χ0n) is 18.6. The Morgan fingerprint density at radius 1 is 1.03 bits per heavy atom. The molecule has 33 heavy (non-hydrogen) atoms. The maximum atomic E-state index is 12.5. The van der Waals surface area contributed by atoms with Crippen molar-refractivity contribution >= 4 is 27.8 Å². The van der Waals surface area contributed by atoms with E-state index in [1.54, 1.807) is 0 Å². The van der Waals surface area contributed by atoms with E-state index >= 15 is 0 Å². The smallest absolute Gasteiger partial charge is 0.310 e. The summed E-state index contributed by atoms with van der Waals surface area (Å²) in [4.78, 5) is 12.5. The molecule has 164 valence electrons. The van der Waals surface area contributed by atoms with Gasteiger partial charge in [0.05, 0.1) is 13.0 Å². The number of para-hydroxylation sites is 1. The number of carbonyl (C=O) groups excluding carboxylic acids is 1. The first kappa shape index (κ1) is 20.8. The standard InChI is InChI=1S/C29H25NO3/c1-3-16-30-19-24(22-12-8-9-13-25(22)30)29-21(17-28(31)32-4-2)14-15-26-23(29)18-27(33-26)20-10-6-5-7-11-20/h3,5-15,18-19H,1,4,16-17H2,2H3. The first-order valence-corrected chi connectivity index (χ1v) is 11.1. The Hall–Kier alpha value is -4.05. The molecule has 0 aliphatic carbocycles. The summed E-state index contributed by atoms with van der Waals surface area (Å²) in [6.07, 6.45) is 4.23. The van der Waals surface area contributed by atoms with E-state index in [1.165, 1.54) is 0 Å². The number of rotatable bonds is 7. The van der Waals surface area contributed by atoms with Gasteiger partial charge in [-0.15, -0.1) is 6.58 Å². The molecule has 0 amide bonds. The molecule has 0 atom stereocenters. The minimum atomic E-state index is -0.236. The zero-order chi connectivity index (χ0) is 22.8. The van der Waals surface area contributed by atoms with Crippen LogP contribution in [0.1, 0.15) is 12.5 Å². The molecule has 0 unspecified atom stereocenters. The number of hydrogen-bond acceptors (Lipinski definition) is 3. The molecule has 0 radical (unpaired) electrons. The molecular formula is C29H25NO3. The van der Waals surface area contributed by atoms with Gasteiger partial charge in [0, 0.05) is 40.2 Å². The van der Waals surface area contributed by atoms with Crippen LogP contribution < -0.4 is 0 Å². The molecule has 0 saturated heterocycles. The maximum absolute atomic E-state index is 12.5. The number of furan rings is 1. The van der Waals surface area contributed by atoms with E-state index < -0.39 is 0 Å². The molecular weight excluding hydrogens is 410 g/mol. The highest BCUT2D eigenvalue weighted by atomic mass is 16.5. The second-order valence-electron chi connectivity index (χ2n) is 7.97. The van der Waals surface area contributed by atoms with E-state index in [4.69, 9.17) is 9.15 Å². The van der Waals surface area contributed by atoms with Crippen molar-refractivity contribution in [1.82, 2.24) is 4.57 Å². The average molecular weight is 436 g/mol. The van der Waals surface area contributed by atoms with E-state index in [9.17, 15) is 4.79 Å². The summed E-state index contributed by atoms with van der Waals surface area (Å²) in [6.45, 7) is 6.80. The van der Waals surface area contributed by atoms with Gasteiger partial charge in [-0.3, -0.25) is 4.79 Å². The van der Waals surface area contributed by atoms with Gasteiger partial charge in [0.15, 0.2) is 0 Å². The number of ether oxygens (including phenoxy) is 1. The minimum Gasteiger partial charge on any atom is -0.466 e. The summed E-state index contributed by atoms with van der Waals surface area (Å²) in [5, 5.41) is 2.11. The fraction of sp³-hybridized carbons (Fsp3) is 0.138. The lowest BCUT2D eigenvalue weighted by molar-refractivity contribution is -0.142. The van der Waals surface area contributed by atoms with Crippen LogP contribution in [-0.2, 0) is 22.5 Å². The number of allylic oxidation sites excluding steroid dienone is 1. The number of fused-ring (bicyclic) bond motifs is 2. The molecule has 2 heterocycles. The molecule has 4 nitrogen and oxygen atoms in total. The van der Waals surface area contributed by atoms with Crippen molar-refractivity contribution in [2.45, 2.75) is 19.9 Å². The third kappa shape index (κ3) is 3.85. The summed E-state index contributed by atoms with van der Waals surface area (Å²) < 4.78 is 13.7. The van der Waals surface area contributed by atoms with E-state index in [2.05, 4.69) is 35.5 Å². The van der Waals surface area contributed by atoms with Gasteiger partial charge in [-0.2, -0.15) is 0 Å². The predicted octanol–water partition coefficient (Wildman–Crippen LogP) is 7.01. The number of nitrogens with zero attached hydrogens (tertiary/aromatic N) is 1. The van der Waals surface area contributed by atoms with Crippen molar-refractivity contribution in [3.63, 3.8) is 0 Å². The van der Waals surface area contributed by atoms with Crippen LogP contribution in [0, 0.1) is 0 Å². The van der Waals surface area contributed by atoms with Crippen molar-refractivity contribution < 1.29 is 13.9 Å². The minimum absolute atomic E-state index is 0.200. The molecule has 5 aromatic rings. The Morgan fingerprint density at radius 3 is 2.61 bits per heavy atom. The monoisotopic (exact) mass is 435 g/mol. The Labute approximate surface area is 192 Å². The molecule has 0 aliphatic rings. The van der Waals surface area contributed by atoms with Crippen LogP contribution in [0.2, 0.25) is 0 Å². The van der Waals surface area contributed by atoms with Crippen LogP contribution in [0.25, 0.3) is 44.3 Å². The van der Waals surface area contributed by atoms with Gasteiger partial charge < -0.3 is 13.7 Å². The molecule has 0 fully saturated rings. The van der Waals surface area contributed by atoms with Gasteiger partial charge in [-0.05, 0) is 36.2 Å². The highest BCUT2D eigenvalue weighted by molar-refractivity contribution is 6.07. The summed E-state index contributed by atoms with van der Waals surface area (Å²) in [5.74, 6) is 0.565. The molecule has 0 spiro atoms. The third-order valence-electron chi connectivity index (χ3n) is 5.87. The first-order valence-electron chi connectivity index (χ1n) is 11.1. The fourth-order valence-electron chi connectivity index (χ4n) is 4.47. The maximum Gasteiger partial charge on any atom is 0.310 e. The molecule has 0 saturated carbocycles. The van der Waals surface area contributed by atoms with E-state index in [-0.39, 0.29) is 12.4 Å². The molecule has 0 bridgehead atoms. The third-order valence-corrected chi connectivity index (χ3v) is 5.87. The largest absolute Gasteiger partial charge is 0.466 e. The van der Waals surface area contributed by atoms with E-state index in [1.807, 2.05) is 67.6 Å². The van der Waals surface area contributed by atoms with Gasteiger partial charge in [-0.1, -0.05) is 60.7 Å². The van der Waals surface area contributed by atoms with Crippen molar-refractivity contribution in [2.75, 3.05) is 6.61 Å². The van der Waals surface area contributed by atoms with Crippen LogP contribution in [0.3, 0.4) is 0 Å². The summed E-state index contributed by atoms with van der Waals surface area (Å²) in [5.41, 5.74) is 5.92. The summed E-state index contributed by atoms with van der Waals surface area (Å²) in [7, 11) is 0. The molecule has 3 aromatic carbocycles. The van der Waals surface area contributed by atoms with Crippen molar-refractivity contribution in [3.8, 4) is 22.5 Å². The lowest BCUT2D eigenvalue weighted by Crippen LogP contribution is -2.08.